The standard InChI is InChI=1S/C32H39N3O4/c36-26-11-10-21-16-27-32(39)13-12-23(17-31(32,29(21)30(26)38)14-15-35(27)19-20-8-9-20)34-28(37)7-3-4-22-18-33-25-6-2-1-5-24(22)25/h1-2,5-6,10-11,18,20,23,27,33,36,38-39H,3-4,7-9,12-17,19H2,(H,34,37)/t23?,27?,31-,32?/m1/s1. The number of fused-ring (bicyclic) bond motifs is 2. The van der Waals surface area contributed by atoms with Gasteiger partial charge < -0.3 is 25.6 Å². The second kappa shape index (κ2) is 9.27. The summed E-state index contributed by atoms with van der Waals surface area (Å²) < 4.78 is 0. The highest BCUT2D eigenvalue weighted by Crippen LogP contribution is 2.61. The molecule has 2 bridgehead atoms. The molecular weight excluding hydrogens is 490 g/mol. The lowest BCUT2D eigenvalue weighted by Crippen LogP contribution is -2.74. The molecule has 1 aromatic heterocycles. The number of hydrogen-bond acceptors (Lipinski definition) is 5. The molecule has 3 aliphatic carbocycles. The van der Waals surface area contributed by atoms with Gasteiger partial charge in [0, 0.05) is 53.1 Å². The number of likely N-dealkylation sites (tertiary alicyclic amines) is 1. The molecule has 1 amide bonds. The number of phenolic OH excluding ortho intramolecular Hbond substituents is 2. The van der Waals surface area contributed by atoms with Crippen molar-refractivity contribution in [3.63, 3.8) is 0 Å². The van der Waals surface area contributed by atoms with Crippen LogP contribution in [0.25, 0.3) is 10.9 Å². The molecule has 2 saturated carbocycles. The van der Waals surface area contributed by atoms with Crippen molar-refractivity contribution in [1.29, 1.82) is 0 Å². The summed E-state index contributed by atoms with van der Waals surface area (Å²) in [6, 6.07) is 11.7. The minimum Gasteiger partial charge on any atom is -0.504 e. The Bertz CT molecular complexity index is 1410. The molecule has 7 rings (SSSR count). The number of aromatic hydroxyl groups is 2. The first-order valence-electron chi connectivity index (χ1n) is 14.7. The van der Waals surface area contributed by atoms with E-state index in [-0.39, 0.29) is 29.5 Å². The number of hydrogen-bond donors (Lipinski definition) is 5. The van der Waals surface area contributed by atoms with E-state index in [1.54, 1.807) is 6.07 Å². The van der Waals surface area contributed by atoms with Crippen molar-refractivity contribution in [2.24, 2.45) is 5.92 Å². The van der Waals surface area contributed by atoms with Crippen molar-refractivity contribution in [3.05, 3.63) is 59.3 Å². The van der Waals surface area contributed by atoms with E-state index in [1.165, 1.54) is 23.8 Å². The first kappa shape index (κ1) is 25.0. The minimum absolute atomic E-state index is 0.00359. The summed E-state index contributed by atoms with van der Waals surface area (Å²) in [6.07, 6.45) is 9.90. The molecule has 7 nitrogen and oxygen atoms in total. The Kier molecular flexibility index (Phi) is 5.94. The largest absolute Gasteiger partial charge is 0.504 e. The Balaban J connectivity index is 1.09. The van der Waals surface area contributed by atoms with Gasteiger partial charge in [-0.25, -0.2) is 0 Å². The maximum atomic E-state index is 13.1. The van der Waals surface area contributed by atoms with Gasteiger partial charge in [-0.2, -0.15) is 0 Å². The maximum Gasteiger partial charge on any atom is 0.220 e. The molecule has 3 unspecified atom stereocenters. The number of benzene rings is 2. The first-order valence-corrected chi connectivity index (χ1v) is 14.7. The number of carbonyl (C=O) groups excluding carboxylic acids is 1. The molecule has 2 heterocycles. The number of aliphatic hydroxyl groups is 1. The number of para-hydroxylation sites is 1. The predicted molar refractivity (Wildman–Crippen MR) is 150 cm³/mol. The SMILES string of the molecule is O=C(CCCc1c[nH]c2ccccc12)NC1CCC2(O)C3Cc4ccc(O)c(O)c4[C@@]2(CCN3CC2CC2)C1. The number of aryl methyl sites for hydroxylation is 1. The minimum atomic E-state index is -0.991. The zero-order valence-corrected chi connectivity index (χ0v) is 22.5. The van der Waals surface area contributed by atoms with Crippen LogP contribution in [0.5, 0.6) is 11.5 Å². The monoisotopic (exact) mass is 529 g/mol. The number of aromatic nitrogens is 1. The topological polar surface area (TPSA) is 109 Å². The fourth-order valence-corrected chi connectivity index (χ4v) is 8.26. The number of nitrogens with one attached hydrogen (secondary N) is 2. The second-order valence-corrected chi connectivity index (χ2v) is 12.6. The summed E-state index contributed by atoms with van der Waals surface area (Å²) in [5.41, 5.74) is 2.41. The van der Waals surface area contributed by atoms with Gasteiger partial charge in [-0.3, -0.25) is 9.69 Å². The van der Waals surface area contributed by atoms with Crippen LogP contribution in [-0.4, -0.2) is 61.9 Å². The number of nitrogens with zero attached hydrogens (tertiary/aromatic N) is 1. The number of phenols is 2. The fraction of sp³-hybridized carbons (Fsp3) is 0.531. The van der Waals surface area contributed by atoms with Crippen LogP contribution in [0.4, 0.5) is 0 Å². The molecule has 5 N–H and O–H groups in total. The zero-order chi connectivity index (χ0) is 26.8. The lowest BCUT2D eigenvalue weighted by molar-refractivity contribution is -0.172. The molecule has 1 saturated heterocycles. The normalized spacial score (nSPS) is 30.1. The van der Waals surface area contributed by atoms with Gasteiger partial charge in [0.15, 0.2) is 11.5 Å². The van der Waals surface area contributed by atoms with Gasteiger partial charge in [-0.05, 0) is 93.5 Å². The molecule has 0 spiro atoms. The molecule has 2 aromatic carbocycles. The fourth-order valence-electron chi connectivity index (χ4n) is 8.26. The first-order chi connectivity index (χ1) is 18.9. The molecule has 4 aliphatic rings. The van der Waals surface area contributed by atoms with Gasteiger partial charge in [0.2, 0.25) is 5.91 Å². The third kappa shape index (κ3) is 4.04. The molecule has 0 radical (unpaired) electrons. The van der Waals surface area contributed by atoms with Crippen LogP contribution in [-0.2, 0) is 23.1 Å². The van der Waals surface area contributed by atoms with Crippen LogP contribution < -0.4 is 5.32 Å². The second-order valence-electron chi connectivity index (χ2n) is 12.6. The Morgan fingerprint density at radius 1 is 1.10 bits per heavy atom. The van der Waals surface area contributed by atoms with Crippen LogP contribution in [0, 0.1) is 5.92 Å². The van der Waals surface area contributed by atoms with Gasteiger partial charge in [-0.1, -0.05) is 24.3 Å². The van der Waals surface area contributed by atoms with Crippen LogP contribution in [0.1, 0.15) is 68.1 Å². The van der Waals surface area contributed by atoms with E-state index in [4.69, 9.17) is 0 Å². The Morgan fingerprint density at radius 2 is 1.95 bits per heavy atom. The summed E-state index contributed by atoms with van der Waals surface area (Å²) >= 11 is 0. The van der Waals surface area contributed by atoms with Crippen LogP contribution in [0.15, 0.2) is 42.6 Å². The van der Waals surface area contributed by atoms with Gasteiger partial charge in [0.05, 0.1) is 5.60 Å². The van der Waals surface area contributed by atoms with E-state index in [0.29, 0.717) is 37.7 Å². The Hall–Kier alpha value is -3.03. The highest BCUT2D eigenvalue weighted by molar-refractivity contribution is 5.83. The lowest BCUT2D eigenvalue weighted by atomic mass is 9.48. The van der Waals surface area contributed by atoms with Crippen LogP contribution in [0.2, 0.25) is 0 Å². The maximum absolute atomic E-state index is 13.1. The van der Waals surface area contributed by atoms with Crippen molar-refractivity contribution in [3.8, 4) is 11.5 Å². The number of amides is 1. The summed E-state index contributed by atoms with van der Waals surface area (Å²) in [5, 5.41) is 38.5. The van der Waals surface area contributed by atoms with Crippen LogP contribution in [0.3, 0.4) is 0 Å². The van der Waals surface area contributed by atoms with E-state index in [9.17, 15) is 20.1 Å². The van der Waals surface area contributed by atoms with Gasteiger partial charge >= 0.3 is 0 Å². The number of H-pyrrole nitrogens is 1. The number of aromatic amines is 1. The van der Waals surface area contributed by atoms with E-state index in [0.717, 1.165) is 49.4 Å². The number of rotatable bonds is 7. The molecule has 3 aromatic rings. The predicted octanol–water partition coefficient (Wildman–Crippen LogP) is 4.28. The summed E-state index contributed by atoms with van der Waals surface area (Å²) in [4.78, 5) is 18.9. The van der Waals surface area contributed by atoms with E-state index >= 15 is 0 Å². The average Bonchev–Trinajstić information content (AvgIpc) is 3.65. The quantitative estimate of drug-likeness (QED) is 0.294. The summed E-state index contributed by atoms with van der Waals surface area (Å²) in [5.74, 6) is 0.551. The highest BCUT2D eigenvalue weighted by Gasteiger charge is 2.65. The van der Waals surface area contributed by atoms with Gasteiger partial charge in [-0.15, -0.1) is 0 Å². The molecule has 1 aliphatic heterocycles. The number of piperidine rings is 1. The van der Waals surface area contributed by atoms with Gasteiger partial charge in [0.1, 0.15) is 0 Å². The summed E-state index contributed by atoms with van der Waals surface area (Å²) in [6.45, 7) is 1.89. The molecule has 39 heavy (non-hydrogen) atoms. The summed E-state index contributed by atoms with van der Waals surface area (Å²) in [7, 11) is 0. The van der Waals surface area contributed by atoms with E-state index in [2.05, 4.69) is 27.3 Å². The molecule has 206 valence electrons. The van der Waals surface area contributed by atoms with Crippen molar-refractivity contribution in [2.45, 2.75) is 87.3 Å². The lowest BCUT2D eigenvalue weighted by Gasteiger charge is -2.64. The average molecular weight is 530 g/mol. The van der Waals surface area contributed by atoms with E-state index < -0.39 is 11.0 Å². The van der Waals surface area contributed by atoms with E-state index in [1.807, 2.05) is 24.4 Å². The molecule has 4 atom stereocenters. The molecule has 3 fully saturated rings. The van der Waals surface area contributed by atoms with Crippen molar-refractivity contribution < 1.29 is 20.1 Å². The highest BCUT2D eigenvalue weighted by atomic mass is 16.3. The Morgan fingerprint density at radius 3 is 2.79 bits per heavy atom. The smallest absolute Gasteiger partial charge is 0.220 e. The van der Waals surface area contributed by atoms with Gasteiger partial charge in [0.25, 0.3) is 0 Å². The Labute approximate surface area is 229 Å². The third-order valence-electron chi connectivity index (χ3n) is 10.3. The molecule has 7 heteroatoms. The van der Waals surface area contributed by atoms with Crippen molar-refractivity contribution in [2.75, 3.05) is 13.1 Å². The van der Waals surface area contributed by atoms with Crippen molar-refractivity contribution in [1.82, 2.24) is 15.2 Å². The van der Waals surface area contributed by atoms with Crippen LogP contribution >= 0.6 is 0 Å². The molecular formula is C32H39N3O4. The number of carbonyl (C=O) groups is 1. The zero-order valence-electron chi connectivity index (χ0n) is 22.5. The third-order valence-corrected chi connectivity index (χ3v) is 10.3. The van der Waals surface area contributed by atoms with Crippen molar-refractivity contribution >= 4 is 16.8 Å².